The van der Waals surface area contributed by atoms with E-state index in [-0.39, 0.29) is 5.75 Å². The van der Waals surface area contributed by atoms with Crippen molar-refractivity contribution in [3.63, 3.8) is 0 Å². The molecule has 0 saturated heterocycles. The van der Waals surface area contributed by atoms with Gasteiger partial charge in [0.05, 0.1) is 19.0 Å². The van der Waals surface area contributed by atoms with Crippen molar-refractivity contribution >= 4 is 11.9 Å². The summed E-state index contributed by atoms with van der Waals surface area (Å²) in [5, 5.41) is 14.2. The van der Waals surface area contributed by atoms with Crippen LogP contribution in [0.2, 0.25) is 0 Å². The highest BCUT2D eigenvalue weighted by molar-refractivity contribution is 5.84. The first-order valence-corrected chi connectivity index (χ1v) is 6.59. The second-order valence-corrected chi connectivity index (χ2v) is 4.45. The number of nitrogens with one attached hydrogen (secondary N) is 1. The number of phenolic OH excluding ortho intramolecular Hbond substituents is 1. The van der Waals surface area contributed by atoms with Crippen LogP contribution in [0.3, 0.4) is 0 Å². The van der Waals surface area contributed by atoms with E-state index in [1.165, 1.54) is 0 Å². The van der Waals surface area contributed by atoms with E-state index in [0.717, 1.165) is 17.0 Å². The molecule has 0 aliphatic heterocycles. The highest BCUT2D eigenvalue weighted by Crippen LogP contribution is 2.22. The topological polar surface area (TPSA) is 53.9 Å². The van der Waals surface area contributed by atoms with Crippen LogP contribution in [0.25, 0.3) is 0 Å². The molecule has 0 amide bonds. The van der Waals surface area contributed by atoms with Gasteiger partial charge in [0.15, 0.2) is 0 Å². The van der Waals surface area contributed by atoms with Crippen LogP contribution in [-0.4, -0.2) is 18.4 Å². The predicted molar refractivity (Wildman–Crippen MR) is 86.2 cm³/mol. The fourth-order valence-electron chi connectivity index (χ4n) is 1.88. The normalized spacial score (nSPS) is 10.5. The second kappa shape index (κ2) is 7.14. The molecule has 2 rings (SSSR count). The smallest absolute Gasteiger partial charge is 0.127 e. The Morgan fingerprint density at radius 2 is 2.00 bits per heavy atom. The summed E-state index contributed by atoms with van der Waals surface area (Å²) in [5.41, 5.74) is 5.24. The fourth-order valence-corrected chi connectivity index (χ4v) is 1.88. The van der Waals surface area contributed by atoms with Gasteiger partial charge < -0.3 is 9.84 Å². The maximum atomic E-state index is 10.1. The first-order chi connectivity index (χ1) is 10.2. The Kier molecular flexibility index (Phi) is 4.99. The SMILES string of the molecule is C=CCc1cccc(C=NNc2ccc(OC)cc2)c1O. The molecule has 0 aromatic heterocycles. The van der Waals surface area contributed by atoms with Gasteiger partial charge in [-0.05, 0) is 42.3 Å². The number of allylic oxidation sites excluding steroid dienone is 1. The summed E-state index contributed by atoms with van der Waals surface area (Å²) >= 11 is 0. The van der Waals surface area contributed by atoms with Crippen molar-refractivity contribution < 1.29 is 9.84 Å². The molecule has 0 bridgehead atoms. The number of para-hydroxylation sites is 1. The van der Waals surface area contributed by atoms with Crippen LogP contribution in [0.15, 0.2) is 60.2 Å². The number of hydrogen-bond acceptors (Lipinski definition) is 4. The molecule has 108 valence electrons. The van der Waals surface area contributed by atoms with Crippen LogP contribution in [0.1, 0.15) is 11.1 Å². The van der Waals surface area contributed by atoms with Gasteiger partial charge in [-0.1, -0.05) is 18.2 Å². The number of ether oxygens (including phenoxy) is 1. The maximum Gasteiger partial charge on any atom is 0.127 e. The van der Waals surface area contributed by atoms with Crippen molar-refractivity contribution in [2.75, 3.05) is 12.5 Å². The summed E-state index contributed by atoms with van der Waals surface area (Å²) < 4.78 is 5.09. The zero-order valence-corrected chi connectivity index (χ0v) is 11.9. The molecule has 2 aromatic carbocycles. The highest BCUT2D eigenvalue weighted by atomic mass is 16.5. The van der Waals surface area contributed by atoms with Crippen molar-refractivity contribution in [2.45, 2.75) is 6.42 Å². The van der Waals surface area contributed by atoms with Crippen LogP contribution in [0.4, 0.5) is 5.69 Å². The first-order valence-electron chi connectivity index (χ1n) is 6.59. The molecule has 0 saturated carbocycles. The third-order valence-electron chi connectivity index (χ3n) is 3.00. The summed E-state index contributed by atoms with van der Waals surface area (Å²) in [5.74, 6) is 1.02. The number of hydrazone groups is 1. The van der Waals surface area contributed by atoms with Crippen LogP contribution in [-0.2, 0) is 6.42 Å². The Bertz CT molecular complexity index is 634. The van der Waals surface area contributed by atoms with Gasteiger partial charge in [0.2, 0.25) is 0 Å². The largest absolute Gasteiger partial charge is 0.507 e. The van der Waals surface area contributed by atoms with Gasteiger partial charge in [0, 0.05) is 5.56 Å². The number of hydrogen-bond donors (Lipinski definition) is 2. The number of anilines is 1. The molecular formula is C17H18N2O2. The van der Waals surface area contributed by atoms with Crippen LogP contribution in [0, 0.1) is 0 Å². The molecule has 2 N–H and O–H groups in total. The minimum Gasteiger partial charge on any atom is -0.507 e. The second-order valence-electron chi connectivity index (χ2n) is 4.45. The van der Waals surface area contributed by atoms with Gasteiger partial charge >= 0.3 is 0 Å². The Morgan fingerprint density at radius 1 is 1.24 bits per heavy atom. The number of nitrogens with zero attached hydrogens (tertiary/aromatic N) is 1. The van der Waals surface area contributed by atoms with Crippen molar-refractivity contribution in [3.8, 4) is 11.5 Å². The third kappa shape index (κ3) is 3.86. The molecule has 21 heavy (non-hydrogen) atoms. The molecule has 0 unspecified atom stereocenters. The molecule has 2 aromatic rings. The predicted octanol–water partition coefficient (Wildman–Crippen LogP) is 3.58. The Hall–Kier alpha value is -2.75. The molecule has 0 fully saturated rings. The summed E-state index contributed by atoms with van der Waals surface area (Å²) in [4.78, 5) is 0. The van der Waals surface area contributed by atoms with E-state index in [4.69, 9.17) is 4.74 Å². The molecule has 4 heteroatoms. The summed E-state index contributed by atoms with van der Waals surface area (Å²) in [7, 11) is 1.62. The monoisotopic (exact) mass is 282 g/mol. The van der Waals surface area contributed by atoms with Gasteiger partial charge in [-0.3, -0.25) is 5.43 Å². The lowest BCUT2D eigenvalue weighted by Gasteiger charge is -2.05. The Balaban J connectivity index is 2.06. The van der Waals surface area contributed by atoms with Crippen LogP contribution < -0.4 is 10.2 Å². The van der Waals surface area contributed by atoms with E-state index in [2.05, 4.69) is 17.1 Å². The molecule has 0 spiro atoms. The number of phenols is 1. The standard InChI is InChI=1S/C17H18N2O2/c1-3-5-13-6-4-7-14(17(13)20)12-18-19-15-8-10-16(21-2)11-9-15/h3-4,6-12,19-20H,1,5H2,2H3. The summed E-state index contributed by atoms with van der Waals surface area (Å²) in [6.07, 6.45) is 3.97. The molecule has 0 radical (unpaired) electrons. The van der Waals surface area contributed by atoms with E-state index in [1.807, 2.05) is 36.4 Å². The minimum atomic E-state index is 0.234. The van der Waals surface area contributed by atoms with Crippen molar-refractivity contribution in [2.24, 2.45) is 5.10 Å². The van der Waals surface area contributed by atoms with E-state index >= 15 is 0 Å². The van der Waals surface area contributed by atoms with E-state index in [0.29, 0.717) is 12.0 Å². The van der Waals surface area contributed by atoms with E-state index in [9.17, 15) is 5.11 Å². The van der Waals surface area contributed by atoms with Crippen LogP contribution in [0.5, 0.6) is 11.5 Å². The van der Waals surface area contributed by atoms with Gasteiger partial charge in [-0.2, -0.15) is 5.10 Å². The van der Waals surface area contributed by atoms with Crippen molar-refractivity contribution in [1.82, 2.24) is 0 Å². The number of methoxy groups -OCH3 is 1. The summed E-state index contributed by atoms with van der Waals surface area (Å²) in [6.45, 7) is 3.68. The lowest BCUT2D eigenvalue weighted by molar-refractivity contribution is 0.415. The van der Waals surface area contributed by atoms with E-state index < -0.39 is 0 Å². The summed E-state index contributed by atoms with van der Waals surface area (Å²) in [6, 6.07) is 13.0. The van der Waals surface area contributed by atoms with Crippen molar-refractivity contribution in [3.05, 3.63) is 66.2 Å². The Morgan fingerprint density at radius 3 is 2.67 bits per heavy atom. The van der Waals surface area contributed by atoms with Gasteiger partial charge in [-0.25, -0.2) is 0 Å². The molecule has 0 aliphatic carbocycles. The number of rotatable bonds is 6. The molecule has 0 atom stereocenters. The van der Waals surface area contributed by atoms with Gasteiger partial charge in [-0.15, -0.1) is 6.58 Å². The van der Waals surface area contributed by atoms with Gasteiger partial charge in [0.25, 0.3) is 0 Å². The lowest BCUT2D eigenvalue weighted by Crippen LogP contribution is -1.93. The molecule has 0 aliphatic rings. The minimum absolute atomic E-state index is 0.234. The van der Waals surface area contributed by atoms with Crippen LogP contribution >= 0.6 is 0 Å². The zero-order chi connectivity index (χ0) is 15.1. The lowest BCUT2D eigenvalue weighted by atomic mass is 10.1. The Labute approximate surface area is 124 Å². The average molecular weight is 282 g/mol. The zero-order valence-electron chi connectivity index (χ0n) is 11.9. The number of aromatic hydroxyl groups is 1. The maximum absolute atomic E-state index is 10.1. The fraction of sp³-hybridized carbons (Fsp3) is 0.118. The van der Waals surface area contributed by atoms with Crippen molar-refractivity contribution in [1.29, 1.82) is 0 Å². The average Bonchev–Trinajstić information content (AvgIpc) is 2.52. The molecule has 4 nitrogen and oxygen atoms in total. The molecular weight excluding hydrogens is 264 g/mol. The third-order valence-corrected chi connectivity index (χ3v) is 3.00. The molecule has 0 heterocycles. The van der Waals surface area contributed by atoms with E-state index in [1.54, 1.807) is 25.5 Å². The quantitative estimate of drug-likeness (QED) is 0.484. The van der Waals surface area contributed by atoms with Gasteiger partial charge in [0.1, 0.15) is 11.5 Å². The highest BCUT2D eigenvalue weighted by Gasteiger charge is 2.03. The first kappa shape index (κ1) is 14.7. The number of benzene rings is 2.